The van der Waals surface area contributed by atoms with Crippen molar-refractivity contribution in [3.05, 3.63) is 255 Å². The average molecular weight is 863 g/mol. The summed E-state index contributed by atoms with van der Waals surface area (Å²) in [7, 11) is 0. The standard InChI is InChI=1S/C66H42N2/c1-2-24-54-53(23-1)55-35-33-49(45-17-11-15-43(37-45)47-19-13-21-51(39-47)67-63-29-7-3-25-57(63)58-26-4-8-30-64(58)67)41-61(55)62-42-50(34-36-56(54)62)46-18-12-16-44(38-46)48-20-14-22-52(40-48)68-65-31-9-5-27-59(65)60-28-6-10-32-66(60)68/h1-42H. The molecule has 14 aromatic rings. The van der Waals surface area contributed by atoms with Gasteiger partial charge in [0.05, 0.1) is 22.1 Å². The molecule has 14 rings (SSSR count). The second-order valence-electron chi connectivity index (χ2n) is 18.1. The lowest BCUT2D eigenvalue weighted by atomic mass is 9.89. The van der Waals surface area contributed by atoms with Gasteiger partial charge < -0.3 is 9.13 Å². The number of aromatic nitrogens is 2. The molecular formula is C66H42N2. The third-order valence-corrected chi connectivity index (χ3v) is 14.3. The smallest absolute Gasteiger partial charge is 0.0541 e. The minimum Gasteiger partial charge on any atom is -0.309 e. The summed E-state index contributed by atoms with van der Waals surface area (Å²) < 4.78 is 4.79. The predicted octanol–water partition coefficient (Wildman–Crippen LogP) is 18.0. The van der Waals surface area contributed by atoms with E-state index >= 15 is 0 Å². The topological polar surface area (TPSA) is 9.86 Å². The molecule has 2 heterocycles. The first-order valence-electron chi connectivity index (χ1n) is 23.5. The first-order chi connectivity index (χ1) is 33.7. The van der Waals surface area contributed by atoms with Crippen molar-refractivity contribution >= 4 is 75.9 Å². The lowest BCUT2D eigenvalue weighted by Gasteiger charge is -2.15. The number of rotatable bonds is 6. The van der Waals surface area contributed by atoms with E-state index in [1.807, 2.05) is 0 Å². The molecule has 0 aliphatic carbocycles. The van der Waals surface area contributed by atoms with Crippen LogP contribution in [0.3, 0.4) is 0 Å². The Morgan fingerprint density at radius 2 is 0.426 bits per heavy atom. The van der Waals surface area contributed by atoms with E-state index in [0.717, 1.165) is 11.4 Å². The van der Waals surface area contributed by atoms with E-state index in [0.29, 0.717) is 0 Å². The van der Waals surface area contributed by atoms with E-state index < -0.39 is 0 Å². The van der Waals surface area contributed by atoms with Gasteiger partial charge in [0.25, 0.3) is 0 Å². The maximum absolute atomic E-state index is 2.41. The van der Waals surface area contributed by atoms with Gasteiger partial charge in [-0.2, -0.15) is 0 Å². The Bertz CT molecular complexity index is 3950. The monoisotopic (exact) mass is 862 g/mol. The zero-order chi connectivity index (χ0) is 44.7. The molecule has 0 fully saturated rings. The lowest BCUT2D eigenvalue weighted by Crippen LogP contribution is -1.94. The minimum absolute atomic E-state index is 1.16. The highest BCUT2D eigenvalue weighted by Gasteiger charge is 2.16. The Labute approximate surface area is 393 Å². The van der Waals surface area contributed by atoms with Crippen LogP contribution in [0.25, 0.3) is 132 Å². The van der Waals surface area contributed by atoms with Gasteiger partial charge in [-0.3, -0.25) is 0 Å². The Balaban J connectivity index is 0.862. The highest BCUT2D eigenvalue weighted by Crippen LogP contribution is 2.41. The summed E-state index contributed by atoms with van der Waals surface area (Å²) in [5.74, 6) is 0. The normalized spacial score (nSPS) is 11.8. The lowest BCUT2D eigenvalue weighted by molar-refractivity contribution is 1.18. The highest BCUT2D eigenvalue weighted by atomic mass is 15.0. The van der Waals surface area contributed by atoms with Crippen LogP contribution in [0.1, 0.15) is 0 Å². The molecule has 0 spiro atoms. The van der Waals surface area contributed by atoms with E-state index in [4.69, 9.17) is 0 Å². The number of nitrogens with zero attached hydrogens (tertiary/aromatic N) is 2. The predicted molar refractivity (Wildman–Crippen MR) is 289 cm³/mol. The number of hydrogen-bond acceptors (Lipinski definition) is 0. The fourth-order valence-electron chi connectivity index (χ4n) is 11.1. The fourth-order valence-corrected chi connectivity index (χ4v) is 11.1. The summed E-state index contributed by atoms with van der Waals surface area (Å²) >= 11 is 0. The number of fused-ring (bicyclic) bond motifs is 12. The summed E-state index contributed by atoms with van der Waals surface area (Å²) in [6.45, 7) is 0. The minimum atomic E-state index is 1.16. The summed E-state index contributed by atoms with van der Waals surface area (Å²) in [5, 5.41) is 12.7. The summed E-state index contributed by atoms with van der Waals surface area (Å²) in [5.41, 5.74) is 16.7. The molecule has 0 saturated carbocycles. The van der Waals surface area contributed by atoms with Gasteiger partial charge in [0.15, 0.2) is 0 Å². The Morgan fingerprint density at radius 3 is 0.779 bits per heavy atom. The van der Waals surface area contributed by atoms with Gasteiger partial charge in [-0.15, -0.1) is 0 Å². The average Bonchev–Trinajstić information content (AvgIpc) is 3.94. The molecule has 0 amide bonds. The van der Waals surface area contributed by atoms with Crippen LogP contribution in [0.15, 0.2) is 255 Å². The van der Waals surface area contributed by atoms with Gasteiger partial charge in [0.2, 0.25) is 0 Å². The molecule has 0 saturated heterocycles. The molecule has 68 heavy (non-hydrogen) atoms. The molecule has 2 aromatic heterocycles. The maximum atomic E-state index is 2.41. The van der Waals surface area contributed by atoms with Crippen LogP contribution in [0.5, 0.6) is 0 Å². The molecule has 2 heteroatoms. The molecule has 2 nitrogen and oxygen atoms in total. The molecule has 12 aromatic carbocycles. The van der Waals surface area contributed by atoms with Crippen molar-refractivity contribution in [3.8, 4) is 55.9 Å². The van der Waals surface area contributed by atoms with E-state index in [9.17, 15) is 0 Å². The molecule has 0 aliphatic rings. The van der Waals surface area contributed by atoms with E-state index in [-0.39, 0.29) is 0 Å². The molecule has 0 aliphatic heterocycles. The molecule has 0 N–H and O–H groups in total. The van der Waals surface area contributed by atoms with Crippen molar-refractivity contribution < 1.29 is 0 Å². The van der Waals surface area contributed by atoms with Crippen molar-refractivity contribution in [1.82, 2.24) is 9.13 Å². The van der Waals surface area contributed by atoms with Gasteiger partial charge in [0, 0.05) is 32.9 Å². The van der Waals surface area contributed by atoms with Crippen LogP contribution in [0.2, 0.25) is 0 Å². The van der Waals surface area contributed by atoms with Crippen molar-refractivity contribution in [2.24, 2.45) is 0 Å². The van der Waals surface area contributed by atoms with Gasteiger partial charge in [0.1, 0.15) is 0 Å². The zero-order valence-corrected chi connectivity index (χ0v) is 37.1. The fraction of sp³-hybridized carbons (Fsp3) is 0. The quantitative estimate of drug-likeness (QED) is 0.147. The van der Waals surface area contributed by atoms with E-state index in [1.165, 1.54) is 120 Å². The van der Waals surface area contributed by atoms with E-state index in [2.05, 4.69) is 264 Å². The Hall–Kier alpha value is -8.98. The molecule has 316 valence electrons. The van der Waals surface area contributed by atoms with Crippen LogP contribution in [-0.2, 0) is 0 Å². The Kier molecular flexibility index (Phi) is 8.62. The molecule has 0 atom stereocenters. The summed E-state index contributed by atoms with van der Waals surface area (Å²) in [6, 6.07) is 93.8. The van der Waals surface area contributed by atoms with Gasteiger partial charge in [-0.1, -0.05) is 182 Å². The van der Waals surface area contributed by atoms with Crippen molar-refractivity contribution in [2.45, 2.75) is 0 Å². The zero-order valence-electron chi connectivity index (χ0n) is 37.1. The van der Waals surface area contributed by atoms with Gasteiger partial charge in [-0.25, -0.2) is 0 Å². The van der Waals surface area contributed by atoms with Crippen LogP contribution in [-0.4, -0.2) is 9.13 Å². The number of para-hydroxylation sites is 4. The maximum Gasteiger partial charge on any atom is 0.0541 e. The molecule has 0 unspecified atom stereocenters. The summed E-state index contributed by atoms with van der Waals surface area (Å²) in [6.07, 6.45) is 0. The second kappa shape index (κ2) is 15.3. The first kappa shape index (κ1) is 38.3. The third kappa shape index (κ3) is 6.05. The molecular weight excluding hydrogens is 821 g/mol. The van der Waals surface area contributed by atoms with Crippen molar-refractivity contribution in [1.29, 1.82) is 0 Å². The van der Waals surface area contributed by atoms with Crippen molar-refractivity contribution in [2.75, 3.05) is 0 Å². The van der Waals surface area contributed by atoms with Crippen molar-refractivity contribution in [3.63, 3.8) is 0 Å². The van der Waals surface area contributed by atoms with Gasteiger partial charge in [-0.05, 0) is 150 Å². The molecule has 0 radical (unpaired) electrons. The number of benzene rings is 12. The second-order valence-corrected chi connectivity index (χ2v) is 18.1. The van der Waals surface area contributed by atoms with E-state index in [1.54, 1.807) is 0 Å². The first-order valence-corrected chi connectivity index (χ1v) is 23.5. The van der Waals surface area contributed by atoms with Gasteiger partial charge >= 0.3 is 0 Å². The largest absolute Gasteiger partial charge is 0.309 e. The highest BCUT2D eigenvalue weighted by molar-refractivity contribution is 6.26. The van der Waals surface area contributed by atoms with Crippen LogP contribution >= 0.6 is 0 Å². The van der Waals surface area contributed by atoms with Crippen LogP contribution in [0, 0.1) is 0 Å². The number of hydrogen-bond donors (Lipinski definition) is 0. The Morgan fingerprint density at radius 1 is 0.162 bits per heavy atom. The summed E-state index contributed by atoms with van der Waals surface area (Å²) in [4.78, 5) is 0. The van der Waals surface area contributed by atoms with Crippen LogP contribution in [0.4, 0.5) is 0 Å². The SMILES string of the molecule is c1cc(-c2cccc(-n3c4ccccc4c4ccccc43)c2)cc(-c2ccc3c4ccccc4c4ccc(-c5cccc(-c6cccc(-n7c8ccccc8c8ccccc87)c6)c5)cc4c3c2)c1. The molecule has 0 bridgehead atoms. The third-order valence-electron chi connectivity index (χ3n) is 14.3. The van der Waals surface area contributed by atoms with Crippen LogP contribution < -0.4 is 0 Å².